The summed E-state index contributed by atoms with van der Waals surface area (Å²) in [6.07, 6.45) is -8.00. The predicted octanol–water partition coefficient (Wildman–Crippen LogP) is 4.85. The van der Waals surface area contributed by atoms with Crippen molar-refractivity contribution >= 4 is 17.6 Å². The van der Waals surface area contributed by atoms with E-state index in [1.54, 1.807) is 27.7 Å². The second-order valence-electron chi connectivity index (χ2n) is 18.3. The lowest BCUT2D eigenvalue weighted by molar-refractivity contribution is -0.318. The van der Waals surface area contributed by atoms with Crippen molar-refractivity contribution in [3.05, 3.63) is 34.9 Å². The highest BCUT2D eigenvalue weighted by Crippen LogP contribution is 2.48. The van der Waals surface area contributed by atoms with E-state index in [0.717, 1.165) is 5.56 Å². The Morgan fingerprint density at radius 2 is 1.70 bits per heavy atom. The second kappa shape index (κ2) is 18.3. The molecule has 4 heterocycles. The Morgan fingerprint density at radius 1 is 1.04 bits per heavy atom. The SMILES string of the molecule is CC[C@@H](O)[C@@](C)(O)[C@@H]1OC(=O)C(C)C(O[C@@H]2C[C@](C)(OC)[C@H](O)[C@H](C)O2)[C@H](C)[C@@H](O[C@H]2O[C@@H](C)C[C@@H](N(C)Cc3ccccc3Cl)[C@@H]2O)[C@@]2(C)C[C@@H](C)[C@H](O2)[C@@H]1C. The van der Waals surface area contributed by atoms with Gasteiger partial charge < -0.3 is 53.6 Å². The quantitative estimate of drug-likeness (QED) is 0.224. The summed E-state index contributed by atoms with van der Waals surface area (Å²) < 4.78 is 45.6. The van der Waals surface area contributed by atoms with E-state index in [1.807, 2.05) is 59.0 Å². The molecule has 4 N–H and O–H groups in total. The van der Waals surface area contributed by atoms with Gasteiger partial charge in [0.25, 0.3) is 0 Å². The van der Waals surface area contributed by atoms with E-state index in [-0.39, 0.29) is 30.9 Å². The maximum Gasteiger partial charge on any atom is 0.311 e. The molecule has 57 heavy (non-hydrogen) atoms. The van der Waals surface area contributed by atoms with Crippen molar-refractivity contribution in [1.29, 1.82) is 0 Å². The molecule has 326 valence electrons. The molecule has 13 nitrogen and oxygen atoms in total. The monoisotopic (exact) mass is 827 g/mol. The number of hydrogen-bond acceptors (Lipinski definition) is 13. The summed E-state index contributed by atoms with van der Waals surface area (Å²) in [6.45, 7) is 18.8. The van der Waals surface area contributed by atoms with Crippen LogP contribution in [0.15, 0.2) is 24.3 Å². The maximum atomic E-state index is 14.4. The van der Waals surface area contributed by atoms with Crippen LogP contribution in [-0.4, -0.2) is 136 Å². The molecular weight excluding hydrogens is 758 g/mol. The molecule has 1 aromatic rings. The van der Waals surface area contributed by atoms with Crippen LogP contribution < -0.4 is 0 Å². The Kier molecular flexibility index (Phi) is 14.9. The molecule has 2 bridgehead atoms. The number of halogens is 1. The average molecular weight is 828 g/mol. The Bertz CT molecular complexity index is 1500. The lowest BCUT2D eigenvalue weighted by Gasteiger charge is -2.48. The number of rotatable bonds is 11. The molecule has 0 saturated carbocycles. The smallest absolute Gasteiger partial charge is 0.311 e. The summed E-state index contributed by atoms with van der Waals surface area (Å²) in [7, 11) is 3.48. The van der Waals surface area contributed by atoms with Crippen LogP contribution in [0.3, 0.4) is 0 Å². The zero-order valence-corrected chi connectivity index (χ0v) is 36.7. The van der Waals surface area contributed by atoms with Crippen LogP contribution >= 0.6 is 11.6 Å². The summed E-state index contributed by atoms with van der Waals surface area (Å²) in [5.74, 6) is -2.83. The fourth-order valence-corrected chi connectivity index (χ4v) is 10.3. The molecule has 1 aromatic carbocycles. The molecule has 2 unspecified atom stereocenters. The third-order valence-corrected chi connectivity index (χ3v) is 14.0. The van der Waals surface area contributed by atoms with Crippen LogP contribution in [0.25, 0.3) is 0 Å². The third kappa shape index (κ3) is 9.55. The van der Waals surface area contributed by atoms with Crippen molar-refractivity contribution in [2.45, 2.75) is 192 Å². The van der Waals surface area contributed by atoms with Crippen LogP contribution in [0, 0.1) is 23.7 Å². The van der Waals surface area contributed by atoms with Crippen LogP contribution in [0.1, 0.15) is 100 Å². The summed E-state index contributed by atoms with van der Waals surface area (Å²) >= 11 is 6.53. The first-order chi connectivity index (χ1) is 26.6. The van der Waals surface area contributed by atoms with Crippen molar-refractivity contribution < 1.29 is 58.4 Å². The predicted molar refractivity (Wildman–Crippen MR) is 213 cm³/mol. The number of cyclic esters (lactones) is 1. The standard InChI is InChI=1S/C43H70ClNO12/c1-13-31(46)43(10,50)38-24(4)34-22(2)19-42(9,57-34)37(56-40-33(47)30(18-23(3)52-40)45(11)21-28-16-14-15-17-29(28)44)25(5)35(26(6)39(49)55-38)54-32-20-41(8,51-12)36(48)27(7)53-32/h14-17,22-27,30-38,40,46-48,50H,13,18-21H2,1-12H3/t22-,23+,24+,25+,26?,27+,30-,31-,32-,33+,34+,35?,36-,37-,38-,40-,41+,42-,43-/m1/s1. The van der Waals surface area contributed by atoms with Crippen molar-refractivity contribution in [2.24, 2.45) is 23.7 Å². The third-order valence-electron chi connectivity index (χ3n) is 13.7. The molecule has 4 fully saturated rings. The average Bonchev–Trinajstić information content (AvgIpc) is 3.48. The summed E-state index contributed by atoms with van der Waals surface area (Å²) in [6, 6.07) is 7.29. The minimum atomic E-state index is -1.81. The first-order valence-electron chi connectivity index (χ1n) is 20.8. The van der Waals surface area contributed by atoms with Gasteiger partial charge >= 0.3 is 5.97 Å². The van der Waals surface area contributed by atoms with E-state index in [9.17, 15) is 25.2 Å². The van der Waals surface area contributed by atoms with Gasteiger partial charge in [0.2, 0.25) is 0 Å². The summed E-state index contributed by atoms with van der Waals surface area (Å²) in [5.41, 5.74) is -2.88. The minimum absolute atomic E-state index is 0.0904. The van der Waals surface area contributed by atoms with E-state index >= 15 is 0 Å². The van der Waals surface area contributed by atoms with Crippen LogP contribution in [0.4, 0.5) is 0 Å². The van der Waals surface area contributed by atoms with Gasteiger partial charge in [-0.05, 0) is 85.4 Å². The Balaban J connectivity index is 1.56. The van der Waals surface area contributed by atoms with Gasteiger partial charge in [-0.25, -0.2) is 0 Å². The number of carbonyl (C=O) groups is 1. The number of esters is 1. The number of nitrogens with zero attached hydrogens (tertiary/aromatic N) is 1. The zero-order valence-electron chi connectivity index (χ0n) is 36.0. The highest BCUT2D eigenvalue weighted by Gasteiger charge is 2.59. The number of fused-ring (bicyclic) bond motifs is 2. The topological polar surface area (TPSA) is 166 Å². The van der Waals surface area contributed by atoms with E-state index < -0.39 is 102 Å². The van der Waals surface area contributed by atoms with Crippen molar-refractivity contribution in [3.63, 3.8) is 0 Å². The van der Waals surface area contributed by atoms with E-state index in [4.69, 9.17) is 44.8 Å². The van der Waals surface area contributed by atoms with Gasteiger partial charge in [-0.2, -0.15) is 0 Å². The number of ether oxygens (including phenoxy) is 7. The molecule has 0 amide bonds. The number of aliphatic hydroxyl groups excluding tert-OH is 3. The van der Waals surface area contributed by atoms with Gasteiger partial charge in [-0.15, -0.1) is 0 Å². The molecule has 4 aliphatic rings. The minimum Gasteiger partial charge on any atom is -0.459 e. The molecular formula is C43H70ClNO12. The highest BCUT2D eigenvalue weighted by atomic mass is 35.5. The number of likely N-dealkylation sites (N-methyl/N-ethyl adjacent to an activating group) is 1. The molecule has 0 aliphatic carbocycles. The Hall–Kier alpha value is -1.46. The molecule has 0 aromatic heterocycles. The Morgan fingerprint density at radius 3 is 2.33 bits per heavy atom. The second-order valence-corrected chi connectivity index (χ2v) is 18.7. The zero-order chi connectivity index (χ0) is 42.4. The first-order valence-corrected chi connectivity index (χ1v) is 21.2. The van der Waals surface area contributed by atoms with Crippen molar-refractivity contribution in [2.75, 3.05) is 14.2 Å². The number of aliphatic hydroxyl groups is 4. The lowest BCUT2D eigenvalue weighted by Crippen LogP contribution is -2.60. The van der Waals surface area contributed by atoms with Crippen LogP contribution in [0.5, 0.6) is 0 Å². The van der Waals surface area contributed by atoms with Crippen LogP contribution in [0.2, 0.25) is 5.02 Å². The number of hydrogen-bond donors (Lipinski definition) is 4. The molecule has 19 atom stereocenters. The number of carbonyl (C=O) groups excluding carboxylic acids is 1. The molecule has 0 radical (unpaired) electrons. The molecule has 14 heteroatoms. The highest BCUT2D eigenvalue weighted by molar-refractivity contribution is 6.31. The number of benzene rings is 1. The van der Waals surface area contributed by atoms with E-state index in [1.165, 1.54) is 14.0 Å². The molecule has 0 spiro atoms. The molecule has 5 rings (SSSR count). The van der Waals surface area contributed by atoms with Gasteiger partial charge in [0.1, 0.15) is 23.9 Å². The number of methoxy groups -OCH3 is 1. The molecule has 4 saturated heterocycles. The first kappa shape index (κ1) is 46.6. The van der Waals surface area contributed by atoms with Crippen LogP contribution in [-0.2, 0) is 44.5 Å². The van der Waals surface area contributed by atoms with Crippen molar-refractivity contribution in [3.8, 4) is 0 Å². The maximum absolute atomic E-state index is 14.4. The lowest BCUT2D eigenvalue weighted by atomic mass is 9.76. The summed E-state index contributed by atoms with van der Waals surface area (Å²) in [5, 5.41) is 46.7. The van der Waals surface area contributed by atoms with Gasteiger partial charge in [0.15, 0.2) is 12.6 Å². The normalized spacial score (nSPS) is 44.9. The van der Waals surface area contributed by atoms with Gasteiger partial charge in [-0.3, -0.25) is 9.69 Å². The van der Waals surface area contributed by atoms with Gasteiger partial charge in [-0.1, -0.05) is 57.5 Å². The summed E-state index contributed by atoms with van der Waals surface area (Å²) in [4.78, 5) is 16.5. The Labute approximate surface area is 344 Å². The fourth-order valence-electron chi connectivity index (χ4n) is 10.1. The van der Waals surface area contributed by atoms with E-state index in [0.29, 0.717) is 24.4 Å². The van der Waals surface area contributed by atoms with Crippen molar-refractivity contribution in [1.82, 2.24) is 4.90 Å². The van der Waals surface area contributed by atoms with Gasteiger partial charge in [0.05, 0.1) is 53.7 Å². The largest absolute Gasteiger partial charge is 0.459 e. The molecule has 4 aliphatic heterocycles. The van der Waals surface area contributed by atoms with E-state index in [2.05, 4.69) is 11.8 Å². The fraction of sp³-hybridized carbons (Fsp3) is 0.837. The van der Waals surface area contributed by atoms with Gasteiger partial charge in [0, 0.05) is 43.0 Å².